The monoisotopic (exact) mass is 578 g/mol. The van der Waals surface area contributed by atoms with Crippen molar-refractivity contribution in [1.29, 1.82) is 5.26 Å². The molecule has 4 rings (SSSR count). The number of benzene rings is 1. The van der Waals surface area contributed by atoms with Gasteiger partial charge in [0.15, 0.2) is 0 Å². The fraction of sp³-hybridized carbons (Fsp3) is 0.484. The first-order valence-corrected chi connectivity index (χ1v) is 15.3. The Kier molecular flexibility index (Phi) is 10.6. The number of anilines is 1. The molecule has 2 aliphatic rings. The highest BCUT2D eigenvalue weighted by Gasteiger charge is 2.33. The molecule has 0 spiro atoms. The lowest BCUT2D eigenvalue weighted by Crippen LogP contribution is -2.40. The Morgan fingerprint density at radius 2 is 1.88 bits per heavy atom. The molecule has 0 saturated carbocycles. The van der Waals surface area contributed by atoms with Crippen LogP contribution in [0.4, 0.5) is 5.82 Å². The van der Waals surface area contributed by atoms with Crippen LogP contribution in [0, 0.1) is 24.2 Å². The van der Waals surface area contributed by atoms with Crippen LogP contribution in [0.3, 0.4) is 0 Å². The molecule has 2 aromatic rings. The molecular formula is C31H38N4O3S2. The van der Waals surface area contributed by atoms with E-state index >= 15 is 0 Å². The van der Waals surface area contributed by atoms with Crippen molar-refractivity contribution < 1.29 is 9.53 Å². The van der Waals surface area contributed by atoms with Crippen molar-refractivity contribution in [3.63, 3.8) is 0 Å². The number of unbranched alkanes of at least 4 members (excludes halogenated alkanes) is 1. The van der Waals surface area contributed by atoms with Gasteiger partial charge in [-0.1, -0.05) is 67.7 Å². The topological polar surface area (TPSA) is 78.6 Å². The summed E-state index contributed by atoms with van der Waals surface area (Å²) in [4.78, 5) is 31.4. The molecule has 1 aromatic carbocycles. The minimum Gasteiger partial charge on any atom is -0.385 e. The van der Waals surface area contributed by atoms with Gasteiger partial charge in [-0.3, -0.25) is 19.1 Å². The molecule has 7 nitrogen and oxygen atoms in total. The van der Waals surface area contributed by atoms with Crippen molar-refractivity contribution in [2.75, 3.05) is 38.3 Å². The Morgan fingerprint density at radius 1 is 1.15 bits per heavy atom. The lowest BCUT2D eigenvalue weighted by atomic mass is 9.90. The van der Waals surface area contributed by atoms with Gasteiger partial charge in [-0.05, 0) is 62.1 Å². The first kappa shape index (κ1) is 30.0. The number of hydrogen-bond acceptors (Lipinski definition) is 7. The molecule has 0 bridgehead atoms. The number of methoxy groups -OCH3 is 1. The zero-order valence-electron chi connectivity index (χ0n) is 23.6. The number of piperidine rings is 1. The minimum absolute atomic E-state index is 0.136. The molecule has 9 heteroatoms. The number of rotatable bonds is 11. The molecule has 40 heavy (non-hydrogen) atoms. The molecule has 0 radical (unpaired) electrons. The van der Waals surface area contributed by atoms with Gasteiger partial charge in [-0.2, -0.15) is 5.26 Å². The van der Waals surface area contributed by atoms with Gasteiger partial charge < -0.3 is 9.64 Å². The number of thiocarbonyl (C=S) groups is 1. The summed E-state index contributed by atoms with van der Waals surface area (Å²) >= 11 is 6.82. The number of nitrogens with zero attached hydrogens (tertiary/aromatic N) is 4. The van der Waals surface area contributed by atoms with Crippen LogP contribution in [0.5, 0.6) is 0 Å². The third-order valence-corrected chi connectivity index (χ3v) is 9.12. The molecule has 0 unspecified atom stereocenters. The second-order valence-corrected chi connectivity index (χ2v) is 12.1. The summed E-state index contributed by atoms with van der Waals surface area (Å²) < 4.78 is 7.44. The third kappa shape index (κ3) is 6.68. The highest BCUT2D eigenvalue weighted by Crippen LogP contribution is 2.37. The summed E-state index contributed by atoms with van der Waals surface area (Å²) in [5, 5.41) is 9.96. The van der Waals surface area contributed by atoms with Crippen LogP contribution in [0.15, 0.2) is 40.0 Å². The van der Waals surface area contributed by atoms with E-state index in [0.29, 0.717) is 46.8 Å². The molecular weight excluding hydrogens is 541 g/mol. The summed E-state index contributed by atoms with van der Waals surface area (Å²) in [5.74, 6) is 1.25. The second-order valence-electron chi connectivity index (χ2n) is 10.5. The average Bonchev–Trinajstić information content (AvgIpc) is 3.22. The normalized spacial score (nSPS) is 17.2. The van der Waals surface area contributed by atoms with Gasteiger partial charge in [-0.25, -0.2) is 0 Å². The van der Waals surface area contributed by atoms with E-state index < -0.39 is 0 Å². The van der Waals surface area contributed by atoms with Gasteiger partial charge in [0, 0.05) is 45.5 Å². The van der Waals surface area contributed by atoms with E-state index in [9.17, 15) is 14.9 Å². The predicted octanol–water partition coefficient (Wildman–Crippen LogP) is 5.53. The predicted molar refractivity (Wildman–Crippen MR) is 167 cm³/mol. The Hall–Kier alpha value is -2.93. The highest BCUT2D eigenvalue weighted by atomic mass is 32.2. The van der Waals surface area contributed by atoms with Crippen LogP contribution in [0.2, 0.25) is 0 Å². The number of aromatic nitrogens is 1. The second kappa shape index (κ2) is 14.1. The number of carbonyl (C=O) groups is 1. The van der Waals surface area contributed by atoms with E-state index in [2.05, 4.69) is 42.2 Å². The SMILES string of the molecule is CCCCn1c(N2CCC(Cc3ccccc3)CC2)c(C=C2SC(=S)N(CCCOC)C2=O)c(C)c(C#N)c1=O. The summed E-state index contributed by atoms with van der Waals surface area (Å²) in [7, 11) is 1.64. The molecule has 2 aliphatic heterocycles. The number of thioether (sulfide) groups is 1. The fourth-order valence-corrected chi connectivity index (χ4v) is 6.79. The fourth-order valence-electron chi connectivity index (χ4n) is 5.50. The molecule has 1 aromatic heterocycles. The number of nitriles is 1. The van der Waals surface area contributed by atoms with Crippen molar-refractivity contribution in [1.82, 2.24) is 9.47 Å². The minimum atomic E-state index is -0.251. The van der Waals surface area contributed by atoms with Crippen molar-refractivity contribution in [2.45, 2.75) is 58.9 Å². The molecule has 0 N–H and O–H groups in total. The van der Waals surface area contributed by atoms with Crippen molar-refractivity contribution in [2.24, 2.45) is 5.92 Å². The highest BCUT2D eigenvalue weighted by molar-refractivity contribution is 8.26. The average molecular weight is 579 g/mol. The summed E-state index contributed by atoms with van der Waals surface area (Å²) in [6.45, 7) is 7.11. The zero-order chi connectivity index (χ0) is 28.6. The van der Waals surface area contributed by atoms with Crippen LogP contribution in [0.1, 0.15) is 61.3 Å². The standard InChI is InChI=1S/C31H38N4O3S2/c1-4-5-14-34-28(33-16-12-24(13-17-33)19-23-10-7-6-8-11-23)25(22(2)26(21-32)29(34)36)20-27-30(37)35(31(39)40-27)15-9-18-38-3/h6-8,10-11,20,24H,4-5,9,12-19H2,1-3H3. The zero-order valence-corrected chi connectivity index (χ0v) is 25.3. The van der Waals surface area contributed by atoms with Gasteiger partial charge in [0.1, 0.15) is 21.8 Å². The van der Waals surface area contributed by atoms with Crippen LogP contribution in [-0.2, 0) is 22.5 Å². The maximum atomic E-state index is 13.6. The first-order valence-electron chi connectivity index (χ1n) is 14.1. The molecule has 212 valence electrons. The molecule has 3 heterocycles. The molecule has 0 aliphatic carbocycles. The molecule has 2 saturated heterocycles. The van der Waals surface area contributed by atoms with Crippen LogP contribution >= 0.6 is 24.0 Å². The molecule has 2 fully saturated rings. The van der Waals surface area contributed by atoms with Crippen LogP contribution < -0.4 is 10.5 Å². The Bertz CT molecular complexity index is 1360. The molecule has 0 atom stereocenters. The number of hydrogen-bond donors (Lipinski definition) is 0. The number of ether oxygens (including phenoxy) is 1. The quantitative estimate of drug-likeness (QED) is 0.197. The van der Waals surface area contributed by atoms with E-state index in [1.165, 1.54) is 17.3 Å². The maximum Gasteiger partial charge on any atom is 0.270 e. The Morgan fingerprint density at radius 3 is 2.52 bits per heavy atom. The van der Waals surface area contributed by atoms with Gasteiger partial charge >= 0.3 is 0 Å². The Labute approximate surface area is 246 Å². The maximum absolute atomic E-state index is 13.6. The van der Waals surface area contributed by atoms with Gasteiger partial charge in [0.2, 0.25) is 0 Å². The smallest absolute Gasteiger partial charge is 0.270 e. The van der Waals surface area contributed by atoms with E-state index in [1.54, 1.807) is 16.6 Å². The van der Waals surface area contributed by atoms with E-state index in [0.717, 1.165) is 56.6 Å². The third-order valence-electron chi connectivity index (χ3n) is 7.74. The number of carbonyl (C=O) groups excluding carboxylic acids is 1. The van der Waals surface area contributed by atoms with Crippen molar-refractivity contribution in [3.05, 3.63) is 67.8 Å². The summed E-state index contributed by atoms with van der Waals surface area (Å²) in [5.41, 5.74) is 2.63. The largest absolute Gasteiger partial charge is 0.385 e. The van der Waals surface area contributed by atoms with Gasteiger partial charge in [0.25, 0.3) is 11.5 Å². The van der Waals surface area contributed by atoms with Gasteiger partial charge in [-0.15, -0.1) is 0 Å². The van der Waals surface area contributed by atoms with Crippen LogP contribution in [-0.4, -0.2) is 53.0 Å². The van der Waals surface area contributed by atoms with E-state index in [1.807, 2.05) is 19.1 Å². The van der Waals surface area contributed by atoms with E-state index in [4.69, 9.17) is 17.0 Å². The van der Waals surface area contributed by atoms with Gasteiger partial charge in [0.05, 0.1) is 4.91 Å². The number of amides is 1. The number of pyridine rings is 1. The molecule has 1 amide bonds. The van der Waals surface area contributed by atoms with Crippen molar-refractivity contribution in [3.8, 4) is 6.07 Å². The van der Waals surface area contributed by atoms with E-state index in [-0.39, 0.29) is 17.0 Å². The summed E-state index contributed by atoms with van der Waals surface area (Å²) in [6.07, 6.45) is 7.37. The lowest BCUT2D eigenvalue weighted by Gasteiger charge is -2.36. The first-order chi connectivity index (χ1) is 19.4. The van der Waals surface area contributed by atoms with Crippen LogP contribution in [0.25, 0.3) is 6.08 Å². The lowest BCUT2D eigenvalue weighted by molar-refractivity contribution is -0.122. The van der Waals surface area contributed by atoms with Crippen molar-refractivity contribution >= 4 is 46.1 Å². The summed E-state index contributed by atoms with van der Waals surface area (Å²) in [6, 6.07) is 12.7. The Balaban J connectivity index is 1.71.